The predicted octanol–water partition coefficient (Wildman–Crippen LogP) is 1.06. The molecule has 1 saturated heterocycles. The highest BCUT2D eigenvalue weighted by atomic mass is 16.5. The second-order valence-electron chi connectivity index (χ2n) is 4.41. The molecular formula is C13H15N3O2. The van der Waals surface area contributed by atoms with Crippen molar-refractivity contribution in [3.05, 3.63) is 29.6 Å². The van der Waals surface area contributed by atoms with Crippen molar-refractivity contribution in [3.8, 4) is 6.07 Å². The van der Waals surface area contributed by atoms with Crippen molar-refractivity contribution in [2.75, 3.05) is 26.8 Å². The lowest BCUT2D eigenvalue weighted by molar-refractivity contribution is 0.0770. The molecule has 0 saturated carbocycles. The molecule has 94 valence electrons. The summed E-state index contributed by atoms with van der Waals surface area (Å²) in [5, 5.41) is 8.67. The number of carbonyl (C=O) groups excluding carboxylic acids is 1. The average molecular weight is 245 g/mol. The summed E-state index contributed by atoms with van der Waals surface area (Å²) in [5.74, 6) is 0.343. The van der Waals surface area contributed by atoms with Crippen LogP contribution in [0.15, 0.2) is 18.3 Å². The lowest BCUT2D eigenvalue weighted by Crippen LogP contribution is -2.29. The minimum Gasteiger partial charge on any atom is -0.384 e. The molecule has 1 atom stereocenters. The normalized spacial score (nSPS) is 18.7. The van der Waals surface area contributed by atoms with Gasteiger partial charge in [-0.2, -0.15) is 5.26 Å². The molecule has 5 nitrogen and oxygen atoms in total. The Balaban J connectivity index is 2.01. The quantitative estimate of drug-likeness (QED) is 0.798. The SMILES string of the molecule is COCC1CCN(C(=O)c2ccc(C#N)cn2)C1. The first-order chi connectivity index (χ1) is 8.74. The standard InChI is InChI=1S/C13H15N3O2/c1-18-9-11-4-5-16(8-11)13(17)12-3-2-10(6-14)7-15-12/h2-3,7,11H,4-5,8-9H2,1H3. The molecule has 0 aromatic carbocycles. The Hall–Kier alpha value is -1.93. The van der Waals surface area contributed by atoms with Gasteiger partial charge in [0.25, 0.3) is 5.91 Å². The van der Waals surface area contributed by atoms with Crippen molar-refractivity contribution in [1.29, 1.82) is 5.26 Å². The van der Waals surface area contributed by atoms with Gasteiger partial charge in [-0.3, -0.25) is 4.79 Å². The van der Waals surface area contributed by atoms with Gasteiger partial charge in [0.2, 0.25) is 0 Å². The first kappa shape index (κ1) is 12.5. The van der Waals surface area contributed by atoms with Gasteiger partial charge in [0.15, 0.2) is 0 Å². The van der Waals surface area contributed by atoms with Crippen LogP contribution in [0.5, 0.6) is 0 Å². The highest BCUT2D eigenvalue weighted by molar-refractivity contribution is 5.92. The van der Waals surface area contributed by atoms with Gasteiger partial charge in [0, 0.05) is 32.3 Å². The third-order valence-corrected chi connectivity index (χ3v) is 3.09. The first-order valence-corrected chi connectivity index (χ1v) is 5.89. The van der Waals surface area contributed by atoms with Crippen LogP contribution in [-0.2, 0) is 4.74 Å². The molecule has 1 unspecified atom stereocenters. The van der Waals surface area contributed by atoms with E-state index in [0.717, 1.165) is 13.0 Å². The number of likely N-dealkylation sites (tertiary alicyclic amines) is 1. The third kappa shape index (κ3) is 2.66. The molecule has 1 aromatic rings. The maximum absolute atomic E-state index is 12.1. The number of pyridine rings is 1. The topological polar surface area (TPSA) is 66.2 Å². The van der Waals surface area contributed by atoms with Gasteiger partial charge in [-0.1, -0.05) is 0 Å². The fourth-order valence-electron chi connectivity index (χ4n) is 2.14. The molecule has 2 heterocycles. The van der Waals surface area contributed by atoms with Crippen LogP contribution in [0, 0.1) is 17.2 Å². The Morgan fingerprint density at radius 3 is 3.11 bits per heavy atom. The number of aromatic nitrogens is 1. The number of rotatable bonds is 3. The van der Waals surface area contributed by atoms with Crippen LogP contribution in [-0.4, -0.2) is 42.6 Å². The maximum Gasteiger partial charge on any atom is 0.272 e. The van der Waals surface area contributed by atoms with Crippen molar-refractivity contribution >= 4 is 5.91 Å². The van der Waals surface area contributed by atoms with Crippen LogP contribution in [0.1, 0.15) is 22.5 Å². The largest absolute Gasteiger partial charge is 0.384 e. The number of methoxy groups -OCH3 is 1. The van der Waals surface area contributed by atoms with E-state index in [0.29, 0.717) is 30.3 Å². The number of ether oxygens (including phenoxy) is 1. The van der Waals surface area contributed by atoms with Crippen molar-refractivity contribution in [2.24, 2.45) is 5.92 Å². The minimum absolute atomic E-state index is 0.0712. The molecule has 5 heteroatoms. The van der Waals surface area contributed by atoms with Crippen LogP contribution in [0.4, 0.5) is 0 Å². The number of nitriles is 1. The maximum atomic E-state index is 12.1. The minimum atomic E-state index is -0.0712. The van der Waals surface area contributed by atoms with Gasteiger partial charge in [-0.25, -0.2) is 4.98 Å². The molecule has 1 amide bonds. The van der Waals surface area contributed by atoms with Crippen LogP contribution < -0.4 is 0 Å². The molecule has 1 aromatic heterocycles. The second-order valence-corrected chi connectivity index (χ2v) is 4.41. The third-order valence-electron chi connectivity index (χ3n) is 3.09. The van der Waals surface area contributed by atoms with Gasteiger partial charge >= 0.3 is 0 Å². The lowest BCUT2D eigenvalue weighted by atomic mass is 10.1. The van der Waals surface area contributed by atoms with Crippen LogP contribution in [0.25, 0.3) is 0 Å². The summed E-state index contributed by atoms with van der Waals surface area (Å²) in [6, 6.07) is 5.20. The van der Waals surface area contributed by atoms with E-state index in [4.69, 9.17) is 10.00 Å². The number of amides is 1. The summed E-state index contributed by atoms with van der Waals surface area (Å²) >= 11 is 0. The van der Waals surface area contributed by atoms with Gasteiger partial charge < -0.3 is 9.64 Å². The molecule has 0 spiro atoms. The van der Waals surface area contributed by atoms with Gasteiger partial charge in [-0.05, 0) is 18.6 Å². The second kappa shape index (κ2) is 5.61. The van der Waals surface area contributed by atoms with Crippen molar-refractivity contribution in [1.82, 2.24) is 9.88 Å². The lowest BCUT2D eigenvalue weighted by Gasteiger charge is -2.15. The van der Waals surface area contributed by atoms with Gasteiger partial charge in [0.1, 0.15) is 11.8 Å². The monoisotopic (exact) mass is 245 g/mol. The molecule has 1 aliphatic heterocycles. The van der Waals surface area contributed by atoms with E-state index in [9.17, 15) is 4.79 Å². The number of hydrogen-bond acceptors (Lipinski definition) is 4. The number of nitrogens with zero attached hydrogens (tertiary/aromatic N) is 3. The molecule has 1 fully saturated rings. The van der Waals surface area contributed by atoms with Gasteiger partial charge in [-0.15, -0.1) is 0 Å². The van der Waals surface area contributed by atoms with Crippen molar-refractivity contribution < 1.29 is 9.53 Å². The van der Waals surface area contributed by atoms with Crippen molar-refractivity contribution in [3.63, 3.8) is 0 Å². The van der Waals surface area contributed by atoms with Crippen LogP contribution in [0.2, 0.25) is 0 Å². The Bertz CT molecular complexity index is 464. The molecule has 1 aliphatic rings. The summed E-state index contributed by atoms with van der Waals surface area (Å²) in [6.45, 7) is 2.15. The van der Waals surface area contributed by atoms with E-state index in [1.54, 1.807) is 24.1 Å². The summed E-state index contributed by atoms with van der Waals surface area (Å²) in [7, 11) is 1.67. The van der Waals surface area contributed by atoms with Crippen LogP contribution in [0.3, 0.4) is 0 Å². The summed E-state index contributed by atoms with van der Waals surface area (Å²) < 4.78 is 5.10. The van der Waals surface area contributed by atoms with E-state index in [1.807, 2.05) is 6.07 Å². The van der Waals surface area contributed by atoms with Crippen molar-refractivity contribution in [2.45, 2.75) is 6.42 Å². The van der Waals surface area contributed by atoms with Gasteiger partial charge in [0.05, 0.1) is 12.2 Å². The highest BCUT2D eigenvalue weighted by Gasteiger charge is 2.27. The molecule has 0 aliphatic carbocycles. The van der Waals surface area contributed by atoms with Crippen LogP contribution >= 0.6 is 0 Å². The summed E-state index contributed by atoms with van der Waals surface area (Å²) in [5.41, 5.74) is 0.859. The number of carbonyl (C=O) groups is 1. The fraction of sp³-hybridized carbons (Fsp3) is 0.462. The van der Waals surface area contributed by atoms with E-state index < -0.39 is 0 Å². The molecule has 18 heavy (non-hydrogen) atoms. The van der Waals surface area contributed by atoms with E-state index in [-0.39, 0.29) is 5.91 Å². The molecule has 2 rings (SSSR count). The average Bonchev–Trinajstić information content (AvgIpc) is 2.87. The Morgan fingerprint density at radius 2 is 2.50 bits per heavy atom. The van der Waals surface area contributed by atoms with E-state index in [2.05, 4.69) is 4.98 Å². The molecular weight excluding hydrogens is 230 g/mol. The zero-order chi connectivity index (χ0) is 13.0. The Kier molecular flexibility index (Phi) is 3.90. The Morgan fingerprint density at radius 1 is 1.67 bits per heavy atom. The predicted molar refractivity (Wildman–Crippen MR) is 64.8 cm³/mol. The fourth-order valence-corrected chi connectivity index (χ4v) is 2.14. The summed E-state index contributed by atoms with van der Waals surface area (Å²) in [6.07, 6.45) is 2.39. The van der Waals surface area contributed by atoms with E-state index >= 15 is 0 Å². The van der Waals surface area contributed by atoms with E-state index in [1.165, 1.54) is 6.20 Å². The molecule has 0 radical (unpaired) electrons. The molecule has 0 N–H and O–H groups in total. The summed E-state index contributed by atoms with van der Waals surface area (Å²) in [4.78, 5) is 17.9. The zero-order valence-corrected chi connectivity index (χ0v) is 10.3. The highest BCUT2D eigenvalue weighted by Crippen LogP contribution is 2.18. The molecule has 0 bridgehead atoms. The smallest absolute Gasteiger partial charge is 0.272 e. The number of hydrogen-bond donors (Lipinski definition) is 0. The first-order valence-electron chi connectivity index (χ1n) is 5.89. The Labute approximate surface area is 106 Å². The zero-order valence-electron chi connectivity index (χ0n) is 10.3.